The molecular weight excluding hydrogens is 545 g/mol. The average molecular weight is 571 g/mol. The van der Waals surface area contributed by atoms with E-state index in [2.05, 4.69) is 66.0 Å². The predicted molar refractivity (Wildman–Crippen MR) is 170 cm³/mol. The van der Waals surface area contributed by atoms with Gasteiger partial charge in [0.1, 0.15) is 0 Å². The number of Topliss-reactive ketones (excluding diaryl/α,β-unsaturated/α-hetero) is 1. The molecule has 0 amide bonds. The number of carbonyl (C=O) groups excluding carboxylic acids is 1. The number of anilines is 2. The van der Waals surface area contributed by atoms with Crippen LogP contribution in [-0.4, -0.2) is 5.78 Å². The predicted octanol–water partition coefficient (Wildman–Crippen LogP) is 10.0. The summed E-state index contributed by atoms with van der Waals surface area (Å²) < 4.78 is 0. The van der Waals surface area contributed by atoms with Crippen LogP contribution in [0.3, 0.4) is 0 Å². The molecule has 4 heteroatoms. The number of benzene rings is 5. The molecule has 7 rings (SSSR count). The lowest BCUT2D eigenvalue weighted by atomic mass is 9.56. The third kappa shape index (κ3) is 4.32. The van der Waals surface area contributed by atoms with Crippen molar-refractivity contribution in [1.29, 1.82) is 0 Å². The van der Waals surface area contributed by atoms with Crippen molar-refractivity contribution in [3.63, 3.8) is 0 Å². The fourth-order valence-electron chi connectivity index (χ4n) is 6.35. The van der Waals surface area contributed by atoms with Crippen molar-refractivity contribution in [3.8, 4) is 0 Å². The number of nitrogens with one attached hydrogen (secondary N) is 1. The number of fused-ring (bicyclic) bond motifs is 4. The molecule has 5 aromatic rings. The molecule has 1 N–H and O–H groups in total. The van der Waals surface area contributed by atoms with E-state index >= 15 is 0 Å². The Morgan fingerprint density at radius 3 is 1.76 bits per heavy atom. The summed E-state index contributed by atoms with van der Waals surface area (Å²) in [4.78, 5) is 14.9. The van der Waals surface area contributed by atoms with Crippen molar-refractivity contribution in [1.82, 2.24) is 0 Å². The second-order valence-electron chi connectivity index (χ2n) is 10.5. The lowest BCUT2D eigenvalue weighted by Gasteiger charge is -2.47. The molecular formula is C37H25Cl2NO. The lowest BCUT2D eigenvalue weighted by molar-refractivity contribution is 0.0925. The number of hydrogen-bond donors (Lipinski definition) is 1. The van der Waals surface area contributed by atoms with Crippen LogP contribution in [0, 0.1) is 5.92 Å². The second kappa shape index (κ2) is 10.2. The van der Waals surface area contributed by atoms with Crippen LogP contribution in [0.1, 0.15) is 32.6 Å². The summed E-state index contributed by atoms with van der Waals surface area (Å²) >= 11 is 12.5. The van der Waals surface area contributed by atoms with Gasteiger partial charge in [-0.05, 0) is 81.9 Å². The SMILES string of the molecule is O=C(c1ccc(Cl)cc1)C1C(c2ccccc2)=CC(c2ccc(Cl)cc2)=CC12c1ccccc1Nc1ccccc12. The van der Waals surface area contributed by atoms with E-state index in [1.807, 2.05) is 66.7 Å². The van der Waals surface area contributed by atoms with Gasteiger partial charge < -0.3 is 5.32 Å². The van der Waals surface area contributed by atoms with Crippen LogP contribution in [0.4, 0.5) is 11.4 Å². The van der Waals surface area contributed by atoms with Gasteiger partial charge in [-0.25, -0.2) is 0 Å². The summed E-state index contributed by atoms with van der Waals surface area (Å²) in [5.74, 6) is -0.513. The zero-order valence-corrected chi connectivity index (χ0v) is 23.5. The van der Waals surface area contributed by atoms with E-state index in [0.29, 0.717) is 15.6 Å². The molecule has 0 aromatic heterocycles. The number of para-hydroxylation sites is 2. The summed E-state index contributed by atoms with van der Waals surface area (Å²) in [6.07, 6.45) is 4.47. The van der Waals surface area contributed by atoms with Gasteiger partial charge in [0.2, 0.25) is 0 Å². The van der Waals surface area contributed by atoms with Crippen molar-refractivity contribution in [2.24, 2.45) is 5.92 Å². The Morgan fingerprint density at radius 1 is 0.610 bits per heavy atom. The molecule has 41 heavy (non-hydrogen) atoms. The Labute approximate surface area is 249 Å². The zero-order valence-electron chi connectivity index (χ0n) is 22.0. The van der Waals surface area contributed by atoms with Gasteiger partial charge in [0.05, 0.1) is 11.3 Å². The van der Waals surface area contributed by atoms with Crippen LogP contribution < -0.4 is 5.32 Å². The van der Waals surface area contributed by atoms with E-state index in [-0.39, 0.29) is 5.78 Å². The minimum atomic E-state index is -0.802. The maximum Gasteiger partial charge on any atom is 0.171 e. The normalized spacial score (nSPS) is 16.6. The minimum absolute atomic E-state index is 0.0367. The van der Waals surface area contributed by atoms with Crippen molar-refractivity contribution in [2.45, 2.75) is 5.41 Å². The Morgan fingerprint density at radius 2 is 1.15 bits per heavy atom. The van der Waals surface area contributed by atoms with E-state index < -0.39 is 11.3 Å². The van der Waals surface area contributed by atoms with Crippen LogP contribution >= 0.6 is 23.2 Å². The van der Waals surface area contributed by atoms with Gasteiger partial charge in [-0.3, -0.25) is 4.79 Å². The van der Waals surface area contributed by atoms with E-state index in [0.717, 1.165) is 44.8 Å². The van der Waals surface area contributed by atoms with Crippen molar-refractivity contribution in [3.05, 3.63) is 177 Å². The van der Waals surface area contributed by atoms with E-state index in [1.54, 1.807) is 12.1 Å². The first-order valence-corrected chi connectivity index (χ1v) is 14.3. The first-order chi connectivity index (χ1) is 20.0. The fraction of sp³-hybridized carbons (Fsp3) is 0.0541. The highest BCUT2D eigenvalue weighted by molar-refractivity contribution is 6.31. The Bertz CT molecular complexity index is 1790. The Hall–Kier alpha value is -4.37. The zero-order chi connectivity index (χ0) is 28.0. The van der Waals surface area contributed by atoms with Gasteiger partial charge in [-0.1, -0.05) is 114 Å². The van der Waals surface area contributed by atoms with E-state index in [4.69, 9.17) is 23.2 Å². The summed E-state index contributed by atoms with van der Waals surface area (Å²) in [5.41, 5.74) is 7.94. The van der Waals surface area contributed by atoms with Crippen LogP contribution in [0.15, 0.2) is 140 Å². The molecule has 1 spiro atoms. The number of halogens is 2. The minimum Gasteiger partial charge on any atom is -0.355 e. The molecule has 0 bridgehead atoms. The maximum absolute atomic E-state index is 14.9. The molecule has 5 aromatic carbocycles. The molecule has 0 radical (unpaired) electrons. The Kier molecular flexibility index (Phi) is 6.38. The fourth-order valence-corrected chi connectivity index (χ4v) is 6.60. The largest absolute Gasteiger partial charge is 0.355 e. The highest BCUT2D eigenvalue weighted by Crippen LogP contribution is 2.58. The van der Waals surface area contributed by atoms with Gasteiger partial charge in [0.15, 0.2) is 5.78 Å². The summed E-state index contributed by atoms with van der Waals surface area (Å²) in [6, 6.07) is 42.0. The van der Waals surface area contributed by atoms with Gasteiger partial charge in [0.25, 0.3) is 0 Å². The molecule has 0 fully saturated rings. The highest BCUT2D eigenvalue weighted by Gasteiger charge is 2.52. The molecule has 0 saturated carbocycles. The van der Waals surface area contributed by atoms with Gasteiger partial charge in [-0.15, -0.1) is 0 Å². The Balaban J connectivity index is 1.60. The number of rotatable bonds is 4. The van der Waals surface area contributed by atoms with Crippen LogP contribution in [0.5, 0.6) is 0 Å². The average Bonchev–Trinajstić information content (AvgIpc) is 3.02. The third-order valence-electron chi connectivity index (χ3n) is 8.15. The van der Waals surface area contributed by atoms with Gasteiger partial charge >= 0.3 is 0 Å². The summed E-state index contributed by atoms with van der Waals surface area (Å²) in [6.45, 7) is 0. The standard InChI is InChI=1S/C37H25Cl2NO/c38-28-18-14-24(15-19-28)27-22-30(25-8-2-1-3-9-25)35(36(41)26-16-20-29(39)21-17-26)37(23-27)31-10-4-6-12-33(31)40-34-13-7-5-11-32(34)37/h1-23,35,40H. The molecule has 1 aliphatic heterocycles. The second-order valence-corrected chi connectivity index (χ2v) is 11.3. The molecule has 1 heterocycles. The number of hydrogen-bond acceptors (Lipinski definition) is 2. The molecule has 2 aliphatic rings. The van der Waals surface area contributed by atoms with E-state index in [1.165, 1.54) is 0 Å². The van der Waals surface area contributed by atoms with Crippen molar-refractivity contribution >= 4 is 51.5 Å². The first-order valence-electron chi connectivity index (χ1n) is 13.6. The summed E-state index contributed by atoms with van der Waals surface area (Å²) in [7, 11) is 0. The molecule has 1 unspecified atom stereocenters. The highest BCUT2D eigenvalue weighted by atomic mass is 35.5. The smallest absolute Gasteiger partial charge is 0.171 e. The number of allylic oxidation sites excluding steroid dienone is 4. The molecule has 0 saturated heterocycles. The molecule has 2 nitrogen and oxygen atoms in total. The van der Waals surface area contributed by atoms with Crippen LogP contribution in [0.25, 0.3) is 11.1 Å². The number of ketones is 1. The molecule has 1 aliphatic carbocycles. The monoisotopic (exact) mass is 569 g/mol. The van der Waals surface area contributed by atoms with Crippen molar-refractivity contribution in [2.75, 3.05) is 5.32 Å². The van der Waals surface area contributed by atoms with E-state index in [9.17, 15) is 4.79 Å². The van der Waals surface area contributed by atoms with Crippen LogP contribution in [-0.2, 0) is 5.41 Å². The first kappa shape index (κ1) is 25.6. The summed E-state index contributed by atoms with van der Waals surface area (Å²) in [5, 5.41) is 4.92. The molecule has 198 valence electrons. The van der Waals surface area contributed by atoms with Gasteiger partial charge in [-0.2, -0.15) is 0 Å². The van der Waals surface area contributed by atoms with Gasteiger partial charge in [0, 0.05) is 27.0 Å². The lowest BCUT2D eigenvalue weighted by Crippen LogP contribution is -2.44. The maximum atomic E-state index is 14.9. The number of carbonyl (C=O) groups is 1. The topological polar surface area (TPSA) is 29.1 Å². The van der Waals surface area contributed by atoms with Crippen molar-refractivity contribution < 1.29 is 4.79 Å². The van der Waals surface area contributed by atoms with Crippen LogP contribution in [0.2, 0.25) is 10.0 Å². The quantitative estimate of drug-likeness (QED) is 0.218. The third-order valence-corrected chi connectivity index (χ3v) is 8.65. The molecule has 1 atom stereocenters.